The molecule has 0 fully saturated rings. The fourth-order valence-corrected chi connectivity index (χ4v) is 6.49. The molecule has 2 atom stereocenters. The number of hydrogen-bond acceptors (Lipinski definition) is 4. The van der Waals surface area contributed by atoms with E-state index in [9.17, 15) is 13.5 Å². The predicted octanol–water partition coefficient (Wildman–Crippen LogP) is 5.38. The van der Waals surface area contributed by atoms with E-state index in [1.165, 1.54) is 16.2 Å². The molecule has 3 aromatic rings. The van der Waals surface area contributed by atoms with Crippen LogP contribution in [-0.2, 0) is 15.6 Å². The van der Waals surface area contributed by atoms with E-state index < -0.39 is 15.6 Å². The van der Waals surface area contributed by atoms with Gasteiger partial charge in [-0.25, -0.2) is 12.4 Å². The molecule has 4 nitrogen and oxygen atoms in total. The number of benzene rings is 2. The molecule has 1 aliphatic carbocycles. The van der Waals surface area contributed by atoms with Gasteiger partial charge < -0.3 is 5.11 Å². The summed E-state index contributed by atoms with van der Waals surface area (Å²) < 4.78 is 28.0. The standard InChI is InChI=1S/C22H20ClNO3S2/c1-2-22(25)14-12-20(28-17-10-8-16(23)9-11-17)21-19(22)13-15-24(21)29(26,27)18-6-4-3-5-7-18/h2-11,13,15,20,25H,1,12,14H2. The van der Waals surface area contributed by atoms with Gasteiger partial charge in [-0.2, -0.15) is 0 Å². The molecule has 2 aromatic carbocycles. The molecule has 1 aromatic heterocycles. The topological polar surface area (TPSA) is 59.3 Å². The Morgan fingerprint density at radius 1 is 1.14 bits per heavy atom. The molecule has 1 N–H and O–H groups in total. The first-order chi connectivity index (χ1) is 13.8. The van der Waals surface area contributed by atoms with Gasteiger partial charge in [-0.3, -0.25) is 0 Å². The van der Waals surface area contributed by atoms with Crippen molar-refractivity contribution in [3.8, 4) is 0 Å². The van der Waals surface area contributed by atoms with Crippen LogP contribution in [0.25, 0.3) is 0 Å². The van der Waals surface area contributed by atoms with Crippen LogP contribution in [0.3, 0.4) is 0 Å². The van der Waals surface area contributed by atoms with Crippen molar-refractivity contribution >= 4 is 33.4 Å². The van der Waals surface area contributed by atoms with E-state index in [-0.39, 0.29) is 10.1 Å². The van der Waals surface area contributed by atoms with Crippen LogP contribution in [0, 0.1) is 0 Å². The molecule has 150 valence electrons. The Morgan fingerprint density at radius 3 is 2.48 bits per heavy atom. The van der Waals surface area contributed by atoms with E-state index in [4.69, 9.17) is 11.6 Å². The van der Waals surface area contributed by atoms with Crippen molar-refractivity contribution in [2.45, 2.75) is 33.5 Å². The molecule has 0 bridgehead atoms. The van der Waals surface area contributed by atoms with Crippen LogP contribution >= 0.6 is 23.4 Å². The molecule has 4 rings (SSSR count). The van der Waals surface area contributed by atoms with Gasteiger partial charge in [0.2, 0.25) is 0 Å². The number of fused-ring (bicyclic) bond motifs is 1. The minimum Gasteiger partial charge on any atom is -0.381 e. The van der Waals surface area contributed by atoms with Gasteiger partial charge in [-0.1, -0.05) is 42.5 Å². The lowest BCUT2D eigenvalue weighted by molar-refractivity contribution is 0.0697. The number of hydrogen-bond donors (Lipinski definition) is 1. The van der Waals surface area contributed by atoms with Gasteiger partial charge in [0.1, 0.15) is 5.60 Å². The zero-order valence-corrected chi connectivity index (χ0v) is 17.9. The van der Waals surface area contributed by atoms with Gasteiger partial charge in [0.05, 0.1) is 15.8 Å². The van der Waals surface area contributed by atoms with Crippen molar-refractivity contribution in [3.63, 3.8) is 0 Å². The van der Waals surface area contributed by atoms with Gasteiger partial charge in [0, 0.05) is 21.7 Å². The second-order valence-corrected chi connectivity index (χ2v) is 10.5. The molecule has 0 radical (unpaired) electrons. The molecule has 1 heterocycles. The first-order valence-electron chi connectivity index (χ1n) is 9.16. The molecule has 1 aliphatic rings. The Balaban J connectivity index is 1.84. The van der Waals surface area contributed by atoms with Crippen molar-refractivity contribution in [2.24, 2.45) is 0 Å². The molecule has 0 spiro atoms. The largest absolute Gasteiger partial charge is 0.381 e. The van der Waals surface area contributed by atoms with Crippen LogP contribution in [0.1, 0.15) is 29.3 Å². The fraction of sp³-hybridized carbons (Fsp3) is 0.182. The van der Waals surface area contributed by atoms with Crippen LogP contribution in [0.5, 0.6) is 0 Å². The Morgan fingerprint density at radius 2 is 1.83 bits per heavy atom. The maximum atomic E-state index is 13.3. The summed E-state index contributed by atoms with van der Waals surface area (Å²) >= 11 is 7.56. The second kappa shape index (κ2) is 7.69. The van der Waals surface area contributed by atoms with Crippen LogP contribution < -0.4 is 0 Å². The normalized spacial score (nSPS) is 21.5. The number of rotatable bonds is 5. The molecule has 0 aliphatic heterocycles. The van der Waals surface area contributed by atoms with E-state index in [1.807, 2.05) is 24.3 Å². The van der Waals surface area contributed by atoms with Crippen LogP contribution in [0.15, 0.2) is 89.3 Å². The SMILES string of the molecule is C=CC1(O)CCC(Sc2ccc(Cl)cc2)c2c1ccn2S(=O)(=O)c1ccccc1. The number of halogens is 1. The summed E-state index contributed by atoms with van der Waals surface area (Å²) in [6.45, 7) is 3.77. The molecule has 29 heavy (non-hydrogen) atoms. The number of aliphatic hydroxyl groups is 1. The summed E-state index contributed by atoms with van der Waals surface area (Å²) in [5.41, 5.74) is -0.0729. The smallest absolute Gasteiger partial charge is 0.267 e. The minimum atomic E-state index is -3.79. The molecular formula is C22H20ClNO3S2. The minimum absolute atomic E-state index is 0.139. The van der Waals surface area contributed by atoms with Crippen LogP contribution in [0.4, 0.5) is 0 Å². The maximum Gasteiger partial charge on any atom is 0.267 e. The zero-order valence-electron chi connectivity index (χ0n) is 15.5. The fourth-order valence-electron chi connectivity index (χ4n) is 3.65. The van der Waals surface area contributed by atoms with Crippen molar-refractivity contribution in [1.82, 2.24) is 3.97 Å². The van der Waals surface area contributed by atoms with Crippen LogP contribution in [0.2, 0.25) is 5.02 Å². The lowest BCUT2D eigenvalue weighted by Crippen LogP contribution is -2.30. The molecule has 0 saturated heterocycles. The third-order valence-corrected chi connectivity index (χ3v) is 8.42. The lowest BCUT2D eigenvalue weighted by atomic mass is 9.82. The van der Waals surface area contributed by atoms with Crippen molar-refractivity contribution < 1.29 is 13.5 Å². The first-order valence-corrected chi connectivity index (χ1v) is 11.9. The summed E-state index contributed by atoms with van der Waals surface area (Å²) in [6.07, 6.45) is 4.11. The summed E-state index contributed by atoms with van der Waals surface area (Å²) in [4.78, 5) is 1.20. The molecular weight excluding hydrogens is 426 g/mol. The second-order valence-electron chi connectivity index (χ2n) is 6.96. The number of aromatic nitrogens is 1. The summed E-state index contributed by atoms with van der Waals surface area (Å²) in [5.74, 6) is 0. The quantitative estimate of drug-likeness (QED) is 0.535. The maximum absolute atomic E-state index is 13.3. The summed E-state index contributed by atoms with van der Waals surface area (Å²) in [5, 5.41) is 11.6. The van der Waals surface area contributed by atoms with E-state index in [2.05, 4.69) is 6.58 Å². The highest BCUT2D eigenvalue weighted by Crippen LogP contribution is 2.50. The third-order valence-electron chi connectivity index (χ3n) is 5.18. The van der Waals surface area contributed by atoms with Crippen LogP contribution in [-0.4, -0.2) is 17.5 Å². The third kappa shape index (κ3) is 3.66. The average Bonchev–Trinajstić information content (AvgIpc) is 3.20. The highest BCUT2D eigenvalue weighted by molar-refractivity contribution is 7.99. The van der Waals surface area contributed by atoms with E-state index in [1.54, 1.807) is 48.2 Å². The van der Waals surface area contributed by atoms with Gasteiger partial charge >= 0.3 is 0 Å². The predicted molar refractivity (Wildman–Crippen MR) is 117 cm³/mol. The Kier molecular flexibility index (Phi) is 5.38. The number of nitrogens with zero attached hydrogens (tertiary/aromatic N) is 1. The molecule has 7 heteroatoms. The molecule has 0 amide bonds. The van der Waals surface area contributed by atoms with Gasteiger partial charge in [0.25, 0.3) is 10.0 Å². The first kappa shape index (κ1) is 20.3. The Labute approximate surface area is 179 Å². The highest BCUT2D eigenvalue weighted by Gasteiger charge is 2.40. The van der Waals surface area contributed by atoms with Crippen molar-refractivity contribution in [2.75, 3.05) is 0 Å². The number of thioether (sulfide) groups is 1. The van der Waals surface area contributed by atoms with Crippen molar-refractivity contribution in [1.29, 1.82) is 0 Å². The highest BCUT2D eigenvalue weighted by atomic mass is 35.5. The van der Waals surface area contributed by atoms with Gasteiger partial charge in [-0.05, 0) is 55.3 Å². The molecule has 2 unspecified atom stereocenters. The van der Waals surface area contributed by atoms with E-state index in [0.717, 1.165) is 4.90 Å². The lowest BCUT2D eigenvalue weighted by Gasteiger charge is -2.34. The monoisotopic (exact) mass is 445 g/mol. The van der Waals surface area contributed by atoms with Gasteiger partial charge in [0.15, 0.2) is 0 Å². The Hall–Kier alpha value is -1.99. The van der Waals surface area contributed by atoms with E-state index in [0.29, 0.717) is 29.1 Å². The van der Waals surface area contributed by atoms with Gasteiger partial charge in [-0.15, -0.1) is 11.8 Å². The van der Waals surface area contributed by atoms with E-state index >= 15 is 0 Å². The Bertz CT molecular complexity index is 1140. The van der Waals surface area contributed by atoms with Crippen molar-refractivity contribution in [3.05, 3.63) is 95.8 Å². The zero-order chi connectivity index (χ0) is 20.6. The summed E-state index contributed by atoms with van der Waals surface area (Å²) in [6, 6.07) is 17.5. The average molecular weight is 446 g/mol. The molecule has 0 saturated carbocycles. The summed E-state index contributed by atoms with van der Waals surface area (Å²) in [7, 11) is -3.79.